The fraction of sp³-hybridized carbons (Fsp3) is 0.368. The number of hydrogen-bond donors (Lipinski definition) is 1. The van der Waals surface area contributed by atoms with Crippen molar-refractivity contribution in [3.05, 3.63) is 63.1 Å². The van der Waals surface area contributed by atoms with Crippen LogP contribution in [0, 0.1) is 6.92 Å². The van der Waals surface area contributed by atoms with Gasteiger partial charge in [-0.3, -0.25) is 13.9 Å². The minimum absolute atomic E-state index is 0.168. The van der Waals surface area contributed by atoms with Crippen LogP contribution in [0.25, 0.3) is 5.82 Å². The zero-order valence-electron chi connectivity index (χ0n) is 16.2. The van der Waals surface area contributed by atoms with Gasteiger partial charge in [0.05, 0.1) is 6.20 Å². The third-order valence-electron chi connectivity index (χ3n) is 5.05. The maximum Gasteiger partial charge on any atom is 0.332 e. The zero-order valence-corrected chi connectivity index (χ0v) is 16.2. The van der Waals surface area contributed by atoms with Gasteiger partial charge in [0, 0.05) is 45.5 Å². The molecule has 9 heteroatoms. The summed E-state index contributed by atoms with van der Waals surface area (Å²) >= 11 is 0. The molecule has 1 fully saturated rings. The lowest BCUT2D eigenvalue weighted by molar-refractivity contribution is 0.672. The average molecular weight is 381 g/mol. The van der Waals surface area contributed by atoms with Crippen LogP contribution < -0.4 is 21.5 Å². The molecular weight excluding hydrogens is 358 g/mol. The zero-order chi connectivity index (χ0) is 19.8. The molecule has 9 nitrogen and oxygen atoms in total. The predicted octanol–water partition coefficient (Wildman–Crippen LogP) is 0.664. The first kappa shape index (κ1) is 18.0. The smallest absolute Gasteiger partial charge is 0.332 e. The summed E-state index contributed by atoms with van der Waals surface area (Å²) in [6.07, 6.45) is 4.61. The van der Waals surface area contributed by atoms with Crippen LogP contribution in [0.4, 0.5) is 11.6 Å². The maximum absolute atomic E-state index is 12.2. The minimum atomic E-state index is -0.317. The topological polar surface area (TPSA) is 90.0 Å². The molecule has 1 saturated heterocycles. The normalized spacial score (nSPS) is 16.5. The van der Waals surface area contributed by atoms with Crippen molar-refractivity contribution in [2.24, 2.45) is 14.1 Å². The first-order valence-electron chi connectivity index (χ1n) is 9.19. The number of nitrogens with zero attached hydrogens (tertiary/aromatic N) is 6. The van der Waals surface area contributed by atoms with E-state index in [1.165, 1.54) is 17.7 Å². The molecular formula is C19H23N7O2. The highest BCUT2D eigenvalue weighted by Gasteiger charge is 2.25. The quantitative estimate of drug-likeness (QED) is 0.714. The molecule has 1 atom stereocenters. The lowest BCUT2D eigenvalue weighted by Crippen LogP contribution is -2.40. The van der Waals surface area contributed by atoms with Crippen molar-refractivity contribution in [3.63, 3.8) is 0 Å². The van der Waals surface area contributed by atoms with E-state index in [0.29, 0.717) is 12.4 Å². The maximum atomic E-state index is 12.2. The highest BCUT2D eigenvalue weighted by atomic mass is 16.2. The van der Waals surface area contributed by atoms with E-state index in [1.54, 1.807) is 17.9 Å². The van der Waals surface area contributed by atoms with E-state index in [9.17, 15) is 9.59 Å². The van der Waals surface area contributed by atoms with Crippen LogP contribution in [0.3, 0.4) is 0 Å². The number of anilines is 2. The van der Waals surface area contributed by atoms with E-state index < -0.39 is 0 Å². The van der Waals surface area contributed by atoms with Gasteiger partial charge in [0.25, 0.3) is 5.56 Å². The second kappa shape index (κ2) is 6.99. The van der Waals surface area contributed by atoms with Gasteiger partial charge in [-0.25, -0.2) is 14.5 Å². The van der Waals surface area contributed by atoms with Gasteiger partial charge in [0.15, 0.2) is 5.82 Å². The molecule has 0 unspecified atom stereocenters. The second-order valence-electron chi connectivity index (χ2n) is 7.16. The number of pyridine rings is 1. The molecule has 1 aliphatic heterocycles. The Labute approximate surface area is 161 Å². The van der Waals surface area contributed by atoms with Crippen molar-refractivity contribution in [2.75, 3.05) is 23.3 Å². The highest BCUT2D eigenvalue weighted by molar-refractivity contribution is 5.45. The van der Waals surface area contributed by atoms with E-state index in [2.05, 4.69) is 20.3 Å². The Morgan fingerprint density at radius 1 is 1.18 bits per heavy atom. The van der Waals surface area contributed by atoms with Gasteiger partial charge in [-0.05, 0) is 31.0 Å². The monoisotopic (exact) mass is 381 g/mol. The lowest BCUT2D eigenvalue weighted by atomic mass is 10.2. The third-order valence-corrected chi connectivity index (χ3v) is 5.05. The first-order valence-corrected chi connectivity index (χ1v) is 9.19. The summed E-state index contributed by atoms with van der Waals surface area (Å²) in [4.78, 5) is 30.9. The van der Waals surface area contributed by atoms with Crippen LogP contribution in [0.1, 0.15) is 12.0 Å². The molecule has 3 aromatic heterocycles. The van der Waals surface area contributed by atoms with Crippen molar-refractivity contribution >= 4 is 11.6 Å². The molecule has 1 aliphatic rings. The summed E-state index contributed by atoms with van der Waals surface area (Å²) in [5.41, 5.74) is 0.465. The Kier molecular flexibility index (Phi) is 4.50. The summed E-state index contributed by atoms with van der Waals surface area (Å²) in [5.74, 6) is 2.17. The Morgan fingerprint density at radius 3 is 2.75 bits per heavy atom. The molecule has 0 bridgehead atoms. The fourth-order valence-electron chi connectivity index (χ4n) is 3.49. The lowest BCUT2D eigenvalue weighted by Gasteiger charge is -2.21. The van der Waals surface area contributed by atoms with Crippen LogP contribution in [0.2, 0.25) is 0 Å². The Bertz CT molecular complexity index is 1130. The second-order valence-corrected chi connectivity index (χ2v) is 7.16. The van der Waals surface area contributed by atoms with Crippen molar-refractivity contribution in [2.45, 2.75) is 19.4 Å². The largest absolute Gasteiger partial charge is 0.365 e. The number of nitrogens with one attached hydrogen (secondary N) is 1. The van der Waals surface area contributed by atoms with E-state index in [1.807, 2.05) is 31.3 Å². The molecule has 0 radical (unpaired) electrons. The van der Waals surface area contributed by atoms with Gasteiger partial charge in [-0.2, -0.15) is 5.10 Å². The molecule has 4 heterocycles. The molecule has 1 N–H and O–H groups in total. The van der Waals surface area contributed by atoms with Gasteiger partial charge in [0.1, 0.15) is 11.6 Å². The first-order chi connectivity index (χ1) is 13.4. The summed E-state index contributed by atoms with van der Waals surface area (Å²) in [6.45, 7) is 3.44. The van der Waals surface area contributed by atoms with E-state index in [0.717, 1.165) is 34.7 Å². The van der Waals surface area contributed by atoms with Gasteiger partial charge < -0.3 is 10.2 Å². The van der Waals surface area contributed by atoms with Crippen LogP contribution in [-0.2, 0) is 14.1 Å². The Hall–Kier alpha value is -3.36. The van der Waals surface area contributed by atoms with Gasteiger partial charge >= 0.3 is 5.69 Å². The van der Waals surface area contributed by atoms with Gasteiger partial charge in [0.2, 0.25) is 0 Å². The van der Waals surface area contributed by atoms with E-state index in [4.69, 9.17) is 0 Å². The van der Waals surface area contributed by atoms with Crippen LogP contribution in [-0.4, -0.2) is 43.0 Å². The van der Waals surface area contributed by atoms with Crippen LogP contribution in [0.15, 0.2) is 46.2 Å². The Morgan fingerprint density at radius 2 is 2.00 bits per heavy atom. The molecule has 0 spiro atoms. The van der Waals surface area contributed by atoms with Crippen LogP contribution in [0.5, 0.6) is 0 Å². The van der Waals surface area contributed by atoms with Crippen molar-refractivity contribution < 1.29 is 0 Å². The summed E-state index contributed by atoms with van der Waals surface area (Å²) in [5, 5.41) is 7.75. The van der Waals surface area contributed by atoms with Gasteiger partial charge in [-0.15, -0.1) is 0 Å². The number of rotatable bonds is 4. The van der Waals surface area contributed by atoms with Crippen molar-refractivity contribution in [1.82, 2.24) is 23.9 Å². The van der Waals surface area contributed by atoms with Gasteiger partial charge in [-0.1, -0.05) is 6.07 Å². The molecule has 0 amide bonds. The fourth-order valence-corrected chi connectivity index (χ4v) is 3.49. The highest BCUT2D eigenvalue weighted by Crippen LogP contribution is 2.20. The molecule has 4 rings (SSSR count). The summed E-state index contributed by atoms with van der Waals surface area (Å²) in [7, 11) is 3.18. The molecule has 3 aromatic rings. The standard InChI is InChI=1S/C19H23N7O2/c1-13-10-20-26(11-13)16-6-4-5-15(22-16)21-14-7-8-25(12-14)17-9-18(27)24(3)19(28)23(17)2/h4-6,9-11,14H,7-8,12H2,1-3H3,(H,21,22)/t14-/m1/s1. The van der Waals surface area contributed by atoms with Crippen LogP contribution >= 0.6 is 0 Å². The average Bonchev–Trinajstić information content (AvgIpc) is 3.32. The third kappa shape index (κ3) is 3.30. The SMILES string of the molecule is Cc1cnn(-c2cccc(N[C@@H]3CCN(c4cc(=O)n(C)c(=O)n4C)C3)n2)c1. The molecule has 0 aliphatic carbocycles. The van der Waals surface area contributed by atoms with E-state index >= 15 is 0 Å². The minimum Gasteiger partial charge on any atom is -0.365 e. The van der Waals surface area contributed by atoms with Crippen molar-refractivity contribution in [3.8, 4) is 5.82 Å². The number of hydrogen-bond acceptors (Lipinski definition) is 6. The number of aryl methyl sites for hydroxylation is 1. The molecule has 0 aromatic carbocycles. The molecule has 28 heavy (non-hydrogen) atoms. The van der Waals surface area contributed by atoms with Crippen molar-refractivity contribution in [1.29, 1.82) is 0 Å². The molecule has 146 valence electrons. The Balaban J connectivity index is 1.50. The van der Waals surface area contributed by atoms with E-state index in [-0.39, 0.29) is 17.3 Å². The molecule has 0 saturated carbocycles. The summed E-state index contributed by atoms with van der Waals surface area (Å²) < 4.78 is 4.38. The number of aromatic nitrogens is 5. The predicted molar refractivity (Wildman–Crippen MR) is 107 cm³/mol. The summed E-state index contributed by atoms with van der Waals surface area (Å²) in [6, 6.07) is 7.47.